The van der Waals surface area contributed by atoms with E-state index in [1.54, 1.807) is 13.0 Å². The third-order valence-corrected chi connectivity index (χ3v) is 4.98. The number of H-pyrrole nitrogens is 1. The molecule has 0 aliphatic carbocycles. The second-order valence-corrected chi connectivity index (χ2v) is 7.18. The zero-order chi connectivity index (χ0) is 22.1. The van der Waals surface area contributed by atoms with Crippen LogP contribution in [-0.2, 0) is 0 Å². The van der Waals surface area contributed by atoms with Gasteiger partial charge in [0.2, 0.25) is 6.79 Å². The van der Waals surface area contributed by atoms with Gasteiger partial charge >= 0.3 is 0 Å². The van der Waals surface area contributed by atoms with Crippen molar-refractivity contribution in [3.63, 3.8) is 0 Å². The van der Waals surface area contributed by atoms with Gasteiger partial charge in [0.1, 0.15) is 29.6 Å². The van der Waals surface area contributed by atoms with E-state index in [1.807, 2.05) is 24.3 Å². The Labute approximate surface area is 181 Å². The molecule has 2 aromatic carbocycles. The second kappa shape index (κ2) is 8.14. The van der Waals surface area contributed by atoms with Crippen molar-refractivity contribution in [2.45, 2.75) is 13.0 Å². The van der Waals surface area contributed by atoms with Crippen LogP contribution in [0.4, 0.5) is 26.2 Å². The first-order valence-corrected chi connectivity index (χ1v) is 9.81. The summed E-state index contributed by atoms with van der Waals surface area (Å²) in [7, 11) is 0. The van der Waals surface area contributed by atoms with E-state index in [9.17, 15) is 8.78 Å². The van der Waals surface area contributed by atoms with Gasteiger partial charge in [-0.1, -0.05) is 6.07 Å². The predicted molar refractivity (Wildman–Crippen MR) is 114 cm³/mol. The molecular formula is C22H18F2N6O2. The highest BCUT2D eigenvalue weighted by atomic mass is 19.1. The quantitative estimate of drug-likeness (QED) is 0.400. The number of anilines is 3. The normalized spacial score (nSPS) is 13.1. The lowest BCUT2D eigenvalue weighted by Crippen LogP contribution is -2.10. The molecule has 0 saturated carbocycles. The van der Waals surface area contributed by atoms with Crippen LogP contribution in [0.1, 0.15) is 18.5 Å². The van der Waals surface area contributed by atoms with E-state index >= 15 is 0 Å². The monoisotopic (exact) mass is 436 g/mol. The summed E-state index contributed by atoms with van der Waals surface area (Å²) in [5, 5.41) is 13.4. The largest absolute Gasteiger partial charge is 0.454 e. The molecule has 1 unspecified atom stereocenters. The van der Waals surface area contributed by atoms with Gasteiger partial charge in [0.25, 0.3) is 0 Å². The second-order valence-electron chi connectivity index (χ2n) is 7.18. The Morgan fingerprint density at radius 1 is 0.938 bits per heavy atom. The molecule has 5 rings (SSSR count). The topological polar surface area (TPSA) is 97.0 Å². The standard InChI is InChI=1S/C22H18F2N6O2/c1-12(15-4-3-14(23)7-16(15)24)27-20-9-21(26-10-25-20)28-22-8-17(29-30-22)13-2-5-18-19(6-13)32-11-31-18/h2-10,12H,11H2,1H3,(H3,25,26,27,28,29,30). The van der Waals surface area contributed by atoms with Gasteiger partial charge in [0.15, 0.2) is 17.3 Å². The Balaban J connectivity index is 1.29. The molecule has 0 spiro atoms. The smallest absolute Gasteiger partial charge is 0.231 e. The number of ether oxygens (including phenoxy) is 2. The van der Waals surface area contributed by atoms with Gasteiger partial charge in [0, 0.05) is 29.3 Å². The predicted octanol–water partition coefficient (Wildman–Crippen LogP) is 4.79. The van der Waals surface area contributed by atoms with Crippen molar-refractivity contribution in [1.29, 1.82) is 0 Å². The fourth-order valence-corrected chi connectivity index (χ4v) is 3.39. The Bertz CT molecular complexity index is 1280. The molecule has 2 aromatic heterocycles. The number of hydrogen-bond donors (Lipinski definition) is 3. The first-order valence-electron chi connectivity index (χ1n) is 9.81. The molecular weight excluding hydrogens is 418 g/mol. The number of aromatic nitrogens is 4. The number of fused-ring (bicyclic) bond motifs is 1. The number of halogens is 2. The molecule has 3 heterocycles. The third-order valence-electron chi connectivity index (χ3n) is 4.98. The Morgan fingerprint density at radius 2 is 1.78 bits per heavy atom. The lowest BCUT2D eigenvalue weighted by Gasteiger charge is -2.16. The SMILES string of the molecule is CC(Nc1cc(Nc2cc(-c3ccc4c(c3)OCO4)[nH]n2)ncn1)c1ccc(F)cc1F. The third kappa shape index (κ3) is 4.02. The summed E-state index contributed by atoms with van der Waals surface area (Å²) in [6, 6.07) is 12.2. The average molecular weight is 436 g/mol. The van der Waals surface area contributed by atoms with Crippen molar-refractivity contribution in [3.8, 4) is 22.8 Å². The van der Waals surface area contributed by atoms with Crippen molar-refractivity contribution < 1.29 is 18.3 Å². The minimum Gasteiger partial charge on any atom is -0.454 e. The molecule has 0 saturated heterocycles. The van der Waals surface area contributed by atoms with Crippen molar-refractivity contribution in [3.05, 3.63) is 72.1 Å². The molecule has 1 atom stereocenters. The summed E-state index contributed by atoms with van der Waals surface area (Å²) >= 11 is 0. The van der Waals surface area contributed by atoms with Crippen LogP contribution in [0.2, 0.25) is 0 Å². The Morgan fingerprint density at radius 3 is 2.66 bits per heavy atom. The van der Waals surface area contributed by atoms with E-state index in [4.69, 9.17) is 9.47 Å². The number of aromatic amines is 1. The van der Waals surface area contributed by atoms with Crippen LogP contribution in [-0.4, -0.2) is 27.0 Å². The minimum absolute atomic E-state index is 0.213. The first-order chi connectivity index (χ1) is 15.5. The summed E-state index contributed by atoms with van der Waals surface area (Å²) in [5.41, 5.74) is 2.02. The Hall–Kier alpha value is -4.21. The fraction of sp³-hybridized carbons (Fsp3) is 0.136. The minimum atomic E-state index is -0.620. The highest BCUT2D eigenvalue weighted by Gasteiger charge is 2.16. The van der Waals surface area contributed by atoms with Gasteiger partial charge in [-0.3, -0.25) is 5.10 Å². The average Bonchev–Trinajstić information content (AvgIpc) is 3.42. The number of nitrogens with zero attached hydrogens (tertiary/aromatic N) is 3. The molecule has 10 heteroatoms. The van der Waals surface area contributed by atoms with Crippen molar-refractivity contribution in [2.24, 2.45) is 0 Å². The zero-order valence-corrected chi connectivity index (χ0v) is 16.9. The van der Waals surface area contributed by atoms with Gasteiger partial charge in [0.05, 0.1) is 11.7 Å². The summed E-state index contributed by atoms with van der Waals surface area (Å²) in [4.78, 5) is 8.36. The van der Waals surface area contributed by atoms with Gasteiger partial charge in [-0.2, -0.15) is 5.10 Å². The van der Waals surface area contributed by atoms with Gasteiger partial charge in [-0.25, -0.2) is 18.7 Å². The maximum Gasteiger partial charge on any atom is 0.231 e. The summed E-state index contributed by atoms with van der Waals surface area (Å²) in [5.74, 6) is 1.69. The molecule has 32 heavy (non-hydrogen) atoms. The van der Waals surface area contributed by atoms with Crippen LogP contribution in [0.3, 0.4) is 0 Å². The van der Waals surface area contributed by atoms with E-state index in [2.05, 4.69) is 30.8 Å². The number of nitrogens with one attached hydrogen (secondary N) is 3. The summed E-state index contributed by atoms with van der Waals surface area (Å²) in [6.07, 6.45) is 1.38. The fourth-order valence-electron chi connectivity index (χ4n) is 3.39. The number of hydrogen-bond acceptors (Lipinski definition) is 7. The van der Waals surface area contributed by atoms with Crippen LogP contribution in [0.5, 0.6) is 11.5 Å². The van der Waals surface area contributed by atoms with Crippen molar-refractivity contribution >= 4 is 17.5 Å². The van der Waals surface area contributed by atoms with Gasteiger partial charge < -0.3 is 20.1 Å². The maximum atomic E-state index is 14.0. The summed E-state index contributed by atoms with van der Waals surface area (Å²) in [6.45, 7) is 1.97. The number of benzene rings is 2. The first kappa shape index (κ1) is 19.7. The van der Waals surface area contributed by atoms with Crippen LogP contribution >= 0.6 is 0 Å². The van der Waals surface area contributed by atoms with Gasteiger partial charge in [-0.05, 0) is 31.2 Å². The van der Waals surface area contributed by atoms with Crippen molar-refractivity contribution in [2.75, 3.05) is 17.4 Å². The van der Waals surface area contributed by atoms with E-state index in [-0.39, 0.29) is 6.79 Å². The van der Waals surface area contributed by atoms with Gasteiger partial charge in [-0.15, -0.1) is 0 Å². The zero-order valence-electron chi connectivity index (χ0n) is 16.9. The molecule has 8 nitrogen and oxygen atoms in total. The van der Waals surface area contributed by atoms with E-state index in [1.165, 1.54) is 18.5 Å². The molecule has 4 aromatic rings. The molecule has 1 aliphatic heterocycles. The van der Waals surface area contributed by atoms with Crippen LogP contribution in [0, 0.1) is 11.6 Å². The molecule has 0 bridgehead atoms. The van der Waals surface area contributed by atoms with Crippen molar-refractivity contribution in [1.82, 2.24) is 20.2 Å². The van der Waals surface area contributed by atoms with Crippen LogP contribution < -0.4 is 20.1 Å². The molecule has 0 radical (unpaired) electrons. The van der Waals surface area contributed by atoms with Crippen LogP contribution in [0.15, 0.2) is 54.9 Å². The van der Waals surface area contributed by atoms with E-state index < -0.39 is 17.7 Å². The van der Waals surface area contributed by atoms with Crippen LogP contribution in [0.25, 0.3) is 11.3 Å². The molecule has 0 amide bonds. The molecule has 3 N–H and O–H groups in total. The summed E-state index contributed by atoms with van der Waals surface area (Å²) < 4.78 is 37.9. The Kier molecular flexibility index (Phi) is 5.02. The molecule has 0 fully saturated rings. The molecule has 162 valence electrons. The number of rotatable bonds is 6. The molecule has 1 aliphatic rings. The maximum absolute atomic E-state index is 14.0. The lowest BCUT2D eigenvalue weighted by molar-refractivity contribution is 0.174. The van der Waals surface area contributed by atoms with E-state index in [0.717, 1.165) is 17.3 Å². The highest BCUT2D eigenvalue weighted by Crippen LogP contribution is 2.36. The van der Waals surface area contributed by atoms with E-state index in [0.29, 0.717) is 34.5 Å². The highest BCUT2D eigenvalue weighted by molar-refractivity contribution is 5.68. The lowest BCUT2D eigenvalue weighted by atomic mass is 10.1.